The Morgan fingerprint density at radius 3 is 2.42 bits per heavy atom. The third-order valence-electron chi connectivity index (χ3n) is 4.24. The van der Waals surface area contributed by atoms with Crippen molar-refractivity contribution in [1.82, 2.24) is 0 Å². The number of aryl methyl sites for hydroxylation is 1. The molecule has 1 aliphatic carbocycles. The molecule has 26 heavy (non-hydrogen) atoms. The van der Waals surface area contributed by atoms with Crippen LogP contribution in [0, 0.1) is 6.92 Å². The first kappa shape index (κ1) is 18.2. The molecule has 134 valence electrons. The van der Waals surface area contributed by atoms with Crippen molar-refractivity contribution in [2.24, 2.45) is 0 Å². The van der Waals surface area contributed by atoms with Crippen LogP contribution in [0.5, 0.6) is 11.5 Å². The second-order valence-electron chi connectivity index (χ2n) is 6.46. The zero-order valence-corrected chi connectivity index (χ0v) is 15.7. The minimum absolute atomic E-state index is 0.306. The fourth-order valence-electron chi connectivity index (χ4n) is 3.06. The molecule has 1 aliphatic rings. The maximum absolute atomic E-state index is 12.2. The topological polar surface area (TPSA) is 52.6 Å². The second-order valence-corrected chi connectivity index (χ2v) is 6.95. The van der Waals surface area contributed by atoms with Crippen molar-refractivity contribution in [3.63, 3.8) is 0 Å². The lowest BCUT2D eigenvalue weighted by molar-refractivity contribution is -0.132. The summed E-state index contributed by atoms with van der Waals surface area (Å²) in [5, 5.41) is 2.09. The maximum Gasteiger partial charge on any atom is 0.338 e. The molecule has 0 aromatic heterocycles. The standard InChI is InChI=1S/C21H19ClO4/c1-11(2)21(24)26-20-15-7-5-12(3)9-17(15)19(25-13(4)23)16-8-6-14(22)10-18(16)20/h5-7,9H,1,8,10H2,2-4H3. The van der Waals surface area contributed by atoms with E-state index in [9.17, 15) is 9.59 Å². The maximum atomic E-state index is 12.2. The van der Waals surface area contributed by atoms with Crippen LogP contribution < -0.4 is 9.47 Å². The van der Waals surface area contributed by atoms with E-state index in [2.05, 4.69) is 6.58 Å². The highest BCUT2D eigenvalue weighted by molar-refractivity contribution is 6.30. The van der Waals surface area contributed by atoms with Gasteiger partial charge in [0.05, 0.1) is 0 Å². The van der Waals surface area contributed by atoms with Gasteiger partial charge in [0, 0.05) is 45.8 Å². The number of hydrogen-bond acceptors (Lipinski definition) is 4. The summed E-state index contributed by atoms with van der Waals surface area (Å²) in [6.45, 7) is 8.57. The van der Waals surface area contributed by atoms with E-state index in [1.807, 2.05) is 31.2 Å². The van der Waals surface area contributed by atoms with Crippen LogP contribution in [0.1, 0.15) is 30.5 Å². The normalized spacial score (nSPS) is 13.0. The van der Waals surface area contributed by atoms with Gasteiger partial charge >= 0.3 is 11.9 Å². The van der Waals surface area contributed by atoms with Gasteiger partial charge in [-0.15, -0.1) is 0 Å². The molecule has 0 amide bonds. The van der Waals surface area contributed by atoms with Crippen LogP contribution in [0.2, 0.25) is 0 Å². The van der Waals surface area contributed by atoms with Crippen molar-refractivity contribution < 1.29 is 19.1 Å². The van der Waals surface area contributed by atoms with Crippen LogP contribution in [0.4, 0.5) is 0 Å². The van der Waals surface area contributed by atoms with E-state index in [4.69, 9.17) is 21.1 Å². The first-order valence-electron chi connectivity index (χ1n) is 8.26. The fraction of sp³-hybridized carbons (Fsp3) is 0.238. The van der Waals surface area contributed by atoms with Gasteiger partial charge in [0.1, 0.15) is 11.5 Å². The Kier molecular flexibility index (Phi) is 4.88. The number of carbonyl (C=O) groups is 2. The Hall–Kier alpha value is -2.59. The zero-order valence-electron chi connectivity index (χ0n) is 14.9. The number of carbonyl (C=O) groups excluding carboxylic acids is 2. The summed E-state index contributed by atoms with van der Waals surface area (Å²) in [6, 6.07) is 5.71. The number of rotatable bonds is 3. The quantitative estimate of drug-likeness (QED) is 0.443. The van der Waals surface area contributed by atoms with Crippen molar-refractivity contribution in [1.29, 1.82) is 0 Å². The molecule has 0 saturated carbocycles. The Bertz CT molecular complexity index is 985. The molecule has 0 bridgehead atoms. The lowest BCUT2D eigenvalue weighted by Gasteiger charge is -2.23. The molecule has 0 unspecified atom stereocenters. The molecule has 2 aromatic rings. The molecule has 3 rings (SSSR count). The number of halogens is 1. The predicted molar refractivity (Wildman–Crippen MR) is 102 cm³/mol. The minimum Gasteiger partial charge on any atom is -0.426 e. The number of hydrogen-bond donors (Lipinski definition) is 0. The summed E-state index contributed by atoms with van der Waals surface area (Å²) in [4.78, 5) is 23.9. The zero-order chi connectivity index (χ0) is 19.0. The predicted octanol–water partition coefficient (Wildman–Crippen LogP) is 4.78. The molecule has 0 atom stereocenters. The van der Waals surface area contributed by atoms with Gasteiger partial charge in [0.25, 0.3) is 0 Å². The van der Waals surface area contributed by atoms with Gasteiger partial charge in [-0.05, 0) is 26.3 Å². The number of ether oxygens (including phenoxy) is 2. The van der Waals surface area contributed by atoms with E-state index < -0.39 is 11.9 Å². The van der Waals surface area contributed by atoms with Gasteiger partial charge in [-0.3, -0.25) is 4.79 Å². The van der Waals surface area contributed by atoms with Crippen LogP contribution in [0.25, 0.3) is 10.8 Å². The number of benzene rings is 2. The summed E-state index contributed by atoms with van der Waals surface area (Å²) in [7, 11) is 0. The minimum atomic E-state index is -0.500. The van der Waals surface area contributed by atoms with E-state index in [1.165, 1.54) is 6.92 Å². The monoisotopic (exact) mass is 370 g/mol. The van der Waals surface area contributed by atoms with Crippen molar-refractivity contribution >= 4 is 34.3 Å². The average Bonchev–Trinajstić information content (AvgIpc) is 2.57. The summed E-state index contributed by atoms with van der Waals surface area (Å²) in [5.74, 6) is 0.0502. The Labute approximate surface area is 157 Å². The molecule has 0 N–H and O–H groups in total. The SMILES string of the molecule is C=C(C)C(=O)Oc1c2c(c(OC(C)=O)c3cc(C)ccc13)CC=C(Cl)C2. The van der Waals surface area contributed by atoms with Gasteiger partial charge in [0.15, 0.2) is 0 Å². The second kappa shape index (κ2) is 6.96. The van der Waals surface area contributed by atoms with Crippen molar-refractivity contribution in [2.75, 3.05) is 0 Å². The van der Waals surface area contributed by atoms with Crippen molar-refractivity contribution in [2.45, 2.75) is 33.6 Å². The molecule has 4 nitrogen and oxygen atoms in total. The van der Waals surface area contributed by atoms with E-state index in [1.54, 1.807) is 6.92 Å². The van der Waals surface area contributed by atoms with Gasteiger partial charge in [-0.2, -0.15) is 0 Å². The van der Waals surface area contributed by atoms with Gasteiger partial charge in [0.2, 0.25) is 0 Å². The van der Waals surface area contributed by atoms with Gasteiger partial charge in [-0.25, -0.2) is 4.79 Å². The summed E-state index contributed by atoms with van der Waals surface area (Å²) >= 11 is 6.25. The van der Waals surface area contributed by atoms with Crippen LogP contribution in [0.15, 0.2) is 41.5 Å². The largest absolute Gasteiger partial charge is 0.426 e. The Morgan fingerprint density at radius 2 is 1.77 bits per heavy atom. The number of fused-ring (bicyclic) bond motifs is 2. The highest BCUT2D eigenvalue weighted by atomic mass is 35.5. The van der Waals surface area contributed by atoms with E-state index in [0.717, 1.165) is 22.1 Å². The molecule has 0 radical (unpaired) electrons. The Morgan fingerprint density at radius 1 is 1.08 bits per heavy atom. The summed E-state index contributed by atoms with van der Waals surface area (Å²) in [5.41, 5.74) is 2.89. The van der Waals surface area contributed by atoms with Crippen molar-refractivity contribution in [3.8, 4) is 11.5 Å². The summed E-state index contributed by atoms with van der Waals surface area (Å²) < 4.78 is 11.2. The fourth-order valence-corrected chi connectivity index (χ4v) is 3.27. The van der Waals surface area contributed by atoms with Gasteiger partial charge in [-0.1, -0.05) is 42.0 Å². The number of allylic oxidation sites excluding steroid dienone is 2. The average molecular weight is 371 g/mol. The van der Waals surface area contributed by atoms with E-state index in [0.29, 0.717) is 40.3 Å². The molecule has 0 heterocycles. The van der Waals surface area contributed by atoms with Crippen molar-refractivity contribution in [3.05, 3.63) is 58.1 Å². The van der Waals surface area contributed by atoms with Crippen LogP contribution in [-0.4, -0.2) is 11.9 Å². The van der Waals surface area contributed by atoms with E-state index >= 15 is 0 Å². The molecule has 0 aliphatic heterocycles. The molecule has 0 spiro atoms. The highest BCUT2D eigenvalue weighted by Gasteiger charge is 2.26. The smallest absolute Gasteiger partial charge is 0.338 e. The van der Waals surface area contributed by atoms with Gasteiger partial charge < -0.3 is 9.47 Å². The first-order chi connectivity index (χ1) is 12.3. The number of esters is 2. The third kappa shape index (κ3) is 3.37. The molecule has 5 heteroatoms. The van der Waals surface area contributed by atoms with Crippen LogP contribution in [0.3, 0.4) is 0 Å². The molecule has 2 aromatic carbocycles. The van der Waals surface area contributed by atoms with E-state index in [-0.39, 0.29) is 0 Å². The lowest BCUT2D eigenvalue weighted by atomic mass is 9.90. The summed E-state index contributed by atoms with van der Waals surface area (Å²) in [6.07, 6.45) is 2.79. The Balaban J connectivity index is 2.35. The molecular formula is C21H19ClO4. The third-order valence-corrected chi connectivity index (χ3v) is 4.53. The first-order valence-corrected chi connectivity index (χ1v) is 8.64. The molecule has 0 fully saturated rings. The highest BCUT2D eigenvalue weighted by Crippen LogP contribution is 2.45. The molecular weight excluding hydrogens is 352 g/mol. The molecule has 0 saturated heterocycles. The van der Waals surface area contributed by atoms with Crippen LogP contribution in [-0.2, 0) is 22.4 Å². The lowest BCUT2D eigenvalue weighted by Crippen LogP contribution is -2.15. The van der Waals surface area contributed by atoms with Crippen LogP contribution >= 0.6 is 11.6 Å².